The average molecular weight is 1020 g/mol. The number of aromatic nitrogens is 2. The number of halogens is 2. The summed E-state index contributed by atoms with van der Waals surface area (Å²) in [6.45, 7) is 32.0. The molecule has 0 aliphatic carbocycles. The van der Waals surface area contributed by atoms with Crippen molar-refractivity contribution >= 4 is 83.7 Å². The number of amides is 2. The molecule has 2 aliphatic heterocycles. The number of benzene rings is 2. The molecule has 2 aromatic heterocycles. The van der Waals surface area contributed by atoms with Gasteiger partial charge in [0.15, 0.2) is 0 Å². The molecule has 0 spiro atoms. The van der Waals surface area contributed by atoms with Crippen molar-refractivity contribution in [1.82, 2.24) is 14.0 Å². The molecular weight excluding hydrogens is 959 g/mol. The third-order valence-corrected chi connectivity index (χ3v) is 13.4. The molecule has 2 aromatic carbocycles. The molecule has 1 atom stereocenters. The Bertz CT molecular complexity index is 2270. The van der Waals surface area contributed by atoms with Gasteiger partial charge in [0, 0.05) is 104 Å². The average Bonchev–Trinajstić information content (AvgIpc) is 3.77. The summed E-state index contributed by atoms with van der Waals surface area (Å²) in [5.74, 6) is 0.0883. The van der Waals surface area contributed by atoms with Crippen molar-refractivity contribution in [3.05, 3.63) is 101 Å². The Kier molecular flexibility index (Phi) is 15.5. The molecule has 301 valence electrons. The van der Waals surface area contributed by atoms with Crippen molar-refractivity contribution in [3.63, 3.8) is 0 Å². The summed E-state index contributed by atoms with van der Waals surface area (Å²) in [4.78, 5) is 30.5. The van der Waals surface area contributed by atoms with E-state index in [1.165, 1.54) is 78.1 Å². The molecule has 10 heteroatoms. The van der Waals surface area contributed by atoms with Crippen molar-refractivity contribution in [2.24, 2.45) is 14.1 Å². The second-order valence-electron chi connectivity index (χ2n) is 15.9. The van der Waals surface area contributed by atoms with E-state index in [4.69, 9.17) is 0 Å². The van der Waals surface area contributed by atoms with Crippen LogP contribution in [0.2, 0.25) is 0 Å². The molecule has 1 N–H and O–H groups in total. The number of carbonyl (C=O) groups is 2. The first-order chi connectivity index (χ1) is 25.6. The minimum Gasteiger partial charge on any atom is -0.348 e. The van der Waals surface area contributed by atoms with Gasteiger partial charge in [-0.25, -0.2) is 0 Å². The van der Waals surface area contributed by atoms with Crippen LogP contribution in [0, 0.1) is 96.9 Å². The predicted molar refractivity (Wildman–Crippen MR) is 253 cm³/mol. The number of fused-ring (bicyclic) bond motifs is 2. The Hall–Kier alpha value is -2.58. The van der Waals surface area contributed by atoms with Crippen molar-refractivity contribution < 1.29 is 28.1 Å². The van der Waals surface area contributed by atoms with Crippen molar-refractivity contribution in [3.8, 4) is 0 Å². The first-order valence-corrected chi connectivity index (χ1v) is 25.2. The molecule has 6 rings (SSSR count). The molecule has 1 radical (unpaired) electrons. The maximum Gasteiger partial charge on any atom is 0.260 e. The van der Waals surface area contributed by atoms with E-state index in [0.29, 0.717) is 0 Å². The van der Waals surface area contributed by atoms with Crippen LogP contribution in [0.3, 0.4) is 0 Å². The zero-order valence-corrected chi connectivity index (χ0v) is 42.8. The van der Waals surface area contributed by atoms with E-state index in [-0.39, 0.29) is 36.5 Å². The minimum absolute atomic E-state index is 0. The quantitative estimate of drug-likeness (QED) is 0.164. The third kappa shape index (κ3) is 7.81. The summed E-state index contributed by atoms with van der Waals surface area (Å²) in [7, 11) is 8.20. The molecule has 4 aromatic rings. The first kappa shape index (κ1) is 47.8. The largest absolute Gasteiger partial charge is 0.348 e. The summed E-state index contributed by atoms with van der Waals surface area (Å²) in [5.41, 5.74) is 25.4. The summed E-state index contributed by atoms with van der Waals surface area (Å²) in [6, 6.07) is 0. The van der Waals surface area contributed by atoms with E-state index in [1.807, 2.05) is 19.0 Å². The normalized spacial score (nSPS) is 15.1. The molecule has 56 heavy (non-hydrogen) atoms. The fourth-order valence-corrected chi connectivity index (χ4v) is 8.20. The monoisotopic (exact) mass is 1020 g/mol. The van der Waals surface area contributed by atoms with E-state index in [1.54, 1.807) is 0 Å². The molecule has 0 saturated heterocycles. The van der Waals surface area contributed by atoms with Gasteiger partial charge in [-0.2, -0.15) is 0 Å². The maximum atomic E-state index is 13.8. The molecule has 7 nitrogen and oxygen atoms in total. The zero-order chi connectivity index (χ0) is 41.9. The number of nitrogens with one attached hydrogen (secondary N) is 1. The zero-order valence-electron chi connectivity index (χ0n) is 37.0. The standard InChI is InChI=1S/C25H35N3O.C21H26N2O.I2.V/c1-13-14(2)18(6)24-23(17(13)5)21(25(29)28(24)20(8)26(9)10)12-22-16(4)15(3)19(7)27(22)11;1-10-11(2)15(6)20-19(14(10)5)17(21(24)22-20)9-18-13(4)12(3)16(7)23(18)8;1-2;/h12,20H,1-11H3;9H,1-8H3,(H,22,24);;. The topological polar surface area (TPSA) is 62.5 Å². The second-order valence-corrected chi connectivity index (χ2v) is 15.9. The van der Waals surface area contributed by atoms with Crippen LogP contribution in [0.15, 0.2) is 0 Å². The Balaban J connectivity index is 0.000000287. The van der Waals surface area contributed by atoms with Crippen LogP contribution in [0.5, 0.6) is 0 Å². The van der Waals surface area contributed by atoms with Gasteiger partial charge in [-0.15, -0.1) is 0 Å². The Morgan fingerprint density at radius 1 is 0.554 bits per heavy atom. The Morgan fingerprint density at radius 3 is 1.36 bits per heavy atom. The van der Waals surface area contributed by atoms with Crippen LogP contribution in [0.25, 0.3) is 23.3 Å². The molecule has 0 fully saturated rings. The van der Waals surface area contributed by atoms with Gasteiger partial charge in [-0.05, 0) is 197 Å². The van der Waals surface area contributed by atoms with E-state index in [0.717, 1.165) is 45.0 Å². The molecule has 0 saturated carbocycles. The predicted octanol–water partition coefficient (Wildman–Crippen LogP) is 11.4. The molecule has 1 unspecified atom stereocenters. The number of rotatable bonds is 4. The van der Waals surface area contributed by atoms with Gasteiger partial charge in [0.1, 0.15) is 0 Å². The van der Waals surface area contributed by atoms with Gasteiger partial charge >= 0.3 is 0 Å². The van der Waals surface area contributed by atoms with Crippen LogP contribution in [-0.4, -0.2) is 46.1 Å². The van der Waals surface area contributed by atoms with Crippen LogP contribution >= 0.6 is 37.2 Å². The minimum atomic E-state index is -0.0228. The van der Waals surface area contributed by atoms with Crippen molar-refractivity contribution in [2.75, 3.05) is 24.3 Å². The van der Waals surface area contributed by atoms with Gasteiger partial charge < -0.3 is 14.5 Å². The van der Waals surface area contributed by atoms with Crippen molar-refractivity contribution in [1.29, 1.82) is 0 Å². The maximum absolute atomic E-state index is 13.8. The Labute approximate surface area is 372 Å². The molecule has 0 bridgehead atoms. The van der Waals surface area contributed by atoms with Crippen molar-refractivity contribution in [2.45, 2.75) is 110 Å². The summed E-state index contributed by atoms with van der Waals surface area (Å²) >= 11 is 4.24. The third-order valence-electron chi connectivity index (χ3n) is 13.4. The molecule has 2 aliphatic rings. The second kappa shape index (κ2) is 18.1. The number of nitrogens with zero attached hydrogens (tertiary/aromatic N) is 4. The van der Waals surface area contributed by atoms with Gasteiger partial charge in [-0.3, -0.25) is 19.4 Å². The van der Waals surface area contributed by atoms with Crippen LogP contribution < -0.4 is 10.2 Å². The number of hydrogen-bond acceptors (Lipinski definition) is 3. The van der Waals surface area contributed by atoms with Gasteiger partial charge in [0.05, 0.1) is 28.7 Å². The smallest absolute Gasteiger partial charge is 0.260 e. The number of anilines is 2. The van der Waals surface area contributed by atoms with E-state index in [9.17, 15) is 9.59 Å². The SMILES string of the molecule is Cc1c(C)c(C)c2c(c1C)C(=Cc1c(C)c(C)c(C)n1C)C(=O)N2C(C)N(C)C.Cc1c(C)c(C)c2c(c1C)NC(=O)C2=Cc1c(C)c(C)c(C)n1C.II.[V]. The summed E-state index contributed by atoms with van der Waals surface area (Å²) < 4.78 is 4.37. The molecule has 4 heterocycles. The number of carbonyl (C=O) groups excluding carboxylic acids is 2. The van der Waals surface area contributed by atoms with Gasteiger partial charge in [0.2, 0.25) is 0 Å². The van der Waals surface area contributed by atoms with E-state index in [2.05, 4.69) is 187 Å². The summed E-state index contributed by atoms with van der Waals surface area (Å²) in [5, 5.41) is 3.09. The van der Waals surface area contributed by atoms with Gasteiger partial charge in [-0.1, -0.05) is 0 Å². The van der Waals surface area contributed by atoms with Crippen LogP contribution in [0.4, 0.5) is 11.4 Å². The molecular formula is C46H61I2N5O2V. The van der Waals surface area contributed by atoms with Crippen LogP contribution in [0.1, 0.15) is 108 Å². The number of hydrogen-bond donors (Lipinski definition) is 1. The molecule has 2 amide bonds. The fourth-order valence-electron chi connectivity index (χ4n) is 8.20. The van der Waals surface area contributed by atoms with E-state index >= 15 is 0 Å². The summed E-state index contributed by atoms with van der Waals surface area (Å²) in [6.07, 6.45) is 4.14. The van der Waals surface area contributed by atoms with Crippen LogP contribution in [-0.2, 0) is 42.2 Å². The fraction of sp³-hybridized carbons (Fsp3) is 0.435. The van der Waals surface area contributed by atoms with Gasteiger partial charge in [0.25, 0.3) is 11.8 Å². The Morgan fingerprint density at radius 2 is 0.946 bits per heavy atom. The first-order valence-electron chi connectivity index (χ1n) is 18.9. The van der Waals surface area contributed by atoms with E-state index < -0.39 is 0 Å².